The number of benzene rings is 1. The van der Waals surface area contributed by atoms with Crippen LogP contribution in [0.5, 0.6) is 0 Å². The summed E-state index contributed by atoms with van der Waals surface area (Å²) in [6, 6.07) is 7.86. The van der Waals surface area contributed by atoms with Crippen LogP contribution in [0.25, 0.3) is 6.08 Å². The van der Waals surface area contributed by atoms with Gasteiger partial charge in [-0.15, -0.1) is 0 Å². The number of carbonyl (C=O) groups excluding carboxylic acids is 1. The highest BCUT2D eigenvalue weighted by Crippen LogP contribution is 2.16. The molecule has 0 saturated heterocycles. The van der Waals surface area contributed by atoms with Crippen LogP contribution in [0, 0.1) is 0 Å². The van der Waals surface area contributed by atoms with E-state index in [0.717, 1.165) is 10.0 Å². The molecule has 0 fully saturated rings. The van der Waals surface area contributed by atoms with Crippen LogP contribution in [0.4, 0.5) is 0 Å². The number of esters is 1. The molecule has 0 N–H and O–H groups in total. The molecule has 0 atom stereocenters. The van der Waals surface area contributed by atoms with Crippen molar-refractivity contribution in [1.82, 2.24) is 0 Å². The van der Waals surface area contributed by atoms with Crippen molar-refractivity contribution >= 4 is 28.0 Å². The van der Waals surface area contributed by atoms with Crippen LogP contribution in [0.1, 0.15) is 12.5 Å². The van der Waals surface area contributed by atoms with Crippen LogP contribution in [0.2, 0.25) is 0 Å². The van der Waals surface area contributed by atoms with Crippen molar-refractivity contribution in [2.45, 2.75) is 6.92 Å². The number of hydrogen-bond acceptors (Lipinski definition) is 2. The van der Waals surface area contributed by atoms with E-state index in [2.05, 4.69) is 15.9 Å². The highest BCUT2D eigenvalue weighted by Gasteiger charge is 1.92. The lowest BCUT2D eigenvalue weighted by atomic mass is 10.2. The Morgan fingerprint density at radius 2 is 2.12 bits per heavy atom. The van der Waals surface area contributed by atoms with E-state index < -0.39 is 0 Å². The Bertz CT molecular complexity index is 408. The largest absolute Gasteiger partial charge is 0.463 e. The summed E-state index contributed by atoms with van der Waals surface area (Å²) < 4.78 is 5.77. The van der Waals surface area contributed by atoms with Crippen molar-refractivity contribution < 1.29 is 9.53 Å². The van der Waals surface area contributed by atoms with Crippen LogP contribution >= 0.6 is 15.9 Å². The van der Waals surface area contributed by atoms with Crippen molar-refractivity contribution in [2.75, 3.05) is 6.61 Å². The molecule has 0 heterocycles. The minimum absolute atomic E-state index is 0.320. The number of rotatable bonds is 4. The molecule has 1 aromatic rings. The molecular weight excluding hydrogens is 268 g/mol. The molecule has 0 aromatic heterocycles. The third-order valence-electron chi connectivity index (χ3n) is 1.81. The Kier molecular flexibility index (Phi) is 5.57. The van der Waals surface area contributed by atoms with E-state index in [4.69, 9.17) is 4.74 Å². The van der Waals surface area contributed by atoms with Gasteiger partial charge in [-0.3, -0.25) is 0 Å². The summed E-state index contributed by atoms with van der Waals surface area (Å²) in [6.07, 6.45) is 6.78. The van der Waals surface area contributed by atoms with E-state index in [1.54, 1.807) is 19.1 Å². The first-order valence-electron chi connectivity index (χ1n) is 5.00. The Labute approximate surface area is 104 Å². The van der Waals surface area contributed by atoms with Crippen LogP contribution in [-0.4, -0.2) is 12.6 Å². The fourth-order valence-electron chi connectivity index (χ4n) is 1.09. The maximum atomic E-state index is 11.0. The third-order valence-corrected chi connectivity index (χ3v) is 2.53. The Morgan fingerprint density at radius 3 is 2.81 bits per heavy atom. The monoisotopic (exact) mass is 280 g/mol. The van der Waals surface area contributed by atoms with Crippen LogP contribution in [0.3, 0.4) is 0 Å². The molecule has 0 amide bonds. The lowest BCUT2D eigenvalue weighted by Gasteiger charge is -1.95. The number of allylic oxidation sites excluding steroid dienone is 2. The molecule has 0 aliphatic rings. The fraction of sp³-hybridized carbons (Fsp3) is 0.154. The number of halogens is 1. The topological polar surface area (TPSA) is 26.3 Å². The molecule has 0 radical (unpaired) electrons. The predicted molar refractivity (Wildman–Crippen MR) is 68.9 cm³/mol. The van der Waals surface area contributed by atoms with E-state index in [-0.39, 0.29) is 5.97 Å². The van der Waals surface area contributed by atoms with Crippen molar-refractivity contribution in [3.05, 3.63) is 52.5 Å². The zero-order valence-corrected chi connectivity index (χ0v) is 10.6. The minimum atomic E-state index is -0.320. The Balaban J connectivity index is 2.55. The molecule has 0 aliphatic carbocycles. The summed E-state index contributed by atoms with van der Waals surface area (Å²) >= 11 is 3.44. The Hall–Kier alpha value is -1.35. The smallest absolute Gasteiger partial charge is 0.330 e. The van der Waals surface area contributed by atoms with Crippen molar-refractivity contribution in [3.8, 4) is 0 Å². The molecule has 0 aliphatic heterocycles. The van der Waals surface area contributed by atoms with Gasteiger partial charge in [0.2, 0.25) is 0 Å². The van der Waals surface area contributed by atoms with Gasteiger partial charge in [-0.05, 0) is 18.6 Å². The second kappa shape index (κ2) is 7.01. The first kappa shape index (κ1) is 12.7. The fourth-order valence-corrected chi connectivity index (χ4v) is 1.51. The van der Waals surface area contributed by atoms with Gasteiger partial charge in [0.1, 0.15) is 0 Å². The molecule has 1 rings (SSSR count). The van der Waals surface area contributed by atoms with Crippen LogP contribution < -0.4 is 0 Å². The summed E-state index contributed by atoms with van der Waals surface area (Å²) in [5.74, 6) is -0.320. The van der Waals surface area contributed by atoms with Gasteiger partial charge in [-0.1, -0.05) is 52.4 Å². The molecule has 0 unspecified atom stereocenters. The van der Waals surface area contributed by atoms with Gasteiger partial charge in [0.15, 0.2) is 0 Å². The van der Waals surface area contributed by atoms with E-state index in [0.29, 0.717) is 6.61 Å². The van der Waals surface area contributed by atoms with Crippen molar-refractivity contribution in [3.63, 3.8) is 0 Å². The zero-order chi connectivity index (χ0) is 11.8. The number of ether oxygens (including phenoxy) is 1. The summed E-state index contributed by atoms with van der Waals surface area (Å²) in [7, 11) is 0. The SMILES string of the molecule is CCOC(=O)/C=C/C=C/c1ccccc1Br. The van der Waals surface area contributed by atoms with Gasteiger partial charge in [0.05, 0.1) is 6.61 Å². The first-order chi connectivity index (χ1) is 7.74. The van der Waals surface area contributed by atoms with Crippen LogP contribution in [-0.2, 0) is 9.53 Å². The molecule has 0 saturated carbocycles. The predicted octanol–water partition coefficient (Wildman–Crippen LogP) is 3.58. The molecule has 0 spiro atoms. The average molecular weight is 281 g/mol. The van der Waals surface area contributed by atoms with Gasteiger partial charge in [0, 0.05) is 10.5 Å². The van der Waals surface area contributed by atoms with E-state index in [1.165, 1.54) is 6.08 Å². The molecule has 16 heavy (non-hydrogen) atoms. The highest BCUT2D eigenvalue weighted by atomic mass is 79.9. The summed E-state index contributed by atoms with van der Waals surface area (Å²) in [5.41, 5.74) is 1.07. The quantitative estimate of drug-likeness (QED) is 0.479. The molecule has 0 bridgehead atoms. The maximum absolute atomic E-state index is 11.0. The third kappa shape index (κ3) is 4.45. The first-order valence-corrected chi connectivity index (χ1v) is 5.79. The normalized spacial score (nSPS) is 11.1. The molecular formula is C13H13BrO2. The van der Waals surface area contributed by atoms with Gasteiger partial charge in [-0.25, -0.2) is 4.79 Å². The second-order valence-electron chi connectivity index (χ2n) is 2.99. The van der Waals surface area contributed by atoms with Crippen molar-refractivity contribution in [1.29, 1.82) is 0 Å². The second-order valence-corrected chi connectivity index (χ2v) is 3.85. The van der Waals surface area contributed by atoms with Gasteiger partial charge in [-0.2, -0.15) is 0 Å². The molecule has 1 aromatic carbocycles. The average Bonchev–Trinajstić information content (AvgIpc) is 2.27. The maximum Gasteiger partial charge on any atom is 0.330 e. The van der Waals surface area contributed by atoms with Gasteiger partial charge >= 0.3 is 5.97 Å². The Morgan fingerprint density at radius 1 is 1.38 bits per heavy atom. The summed E-state index contributed by atoms with van der Waals surface area (Å²) in [6.45, 7) is 2.18. The lowest BCUT2D eigenvalue weighted by Crippen LogP contribution is -1.98. The lowest BCUT2D eigenvalue weighted by molar-refractivity contribution is -0.137. The van der Waals surface area contributed by atoms with Gasteiger partial charge < -0.3 is 4.74 Å². The van der Waals surface area contributed by atoms with Crippen molar-refractivity contribution in [2.24, 2.45) is 0 Å². The summed E-state index contributed by atoms with van der Waals surface area (Å²) in [4.78, 5) is 11.0. The molecule has 2 nitrogen and oxygen atoms in total. The van der Waals surface area contributed by atoms with E-state index in [1.807, 2.05) is 30.3 Å². The molecule has 3 heteroatoms. The summed E-state index contributed by atoms with van der Waals surface area (Å²) in [5, 5.41) is 0. The zero-order valence-electron chi connectivity index (χ0n) is 9.02. The van der Waals surface area contributed by atoms with Gasteiger partial charge in [0.25, 0.3) is 0 Å². The van der Waals surface area contributed by atoms with E-state index >= 15 is 0 Å². The minimum Gasteiger partial charge on any atom is -0.463 e. The molecule has 84 valence electrons. The van der Waals surface area contributed by atoms with E-state index in [9.17, 15) is 4.79 Å². The highest BCUT2D eigenvalue weighted by molar-refractivity contribution is 9.10. The number of hydrogen-bond donors (Lipinski definition) is 0. The number of carbonyl (C=O) groups is 1. The van der Waals surface area contributed by atoms with Crippen LogP contribution in [0.15, 0.2) is 47.0 Å². The standard InChI is InChI=1S/C13H13BrO2/c1-2-16-13(15)10-6-4-8-11-7-3-5-9-12(11)14/h3-10H,2H2,1H3/b8-4+,10-6+.